The summed E-state index contributed by atoms with van der Waals surface area (Å²) >= 11 is 11.9. The van der Waals surface area contributed by atoms with Gasteiger partial charge in [-0.2, -0.15) is 0 Å². The Morgan fingerprint density at radius 3 is 2.74 bits per heavy atom. The van der Waals surface area contributed by atoms with Crippen LogP contribution in [0.2, 0.25) is 10.0 Å². The lowest BCUT2D eigenvalue weighted by atomic mass is 10.1. The second kappa shape index (κ2) is 9.30. The number of carboxylic acid groups (broad SMARTS) is 1. The Morgan fingerprint density at radius 2 is 2.09 bits per heavy atom. The van der Waals surface area contributed by atoms with Crippen LogP contribution < -0.4 is 5.32 Å². The second-order valence-electron chi connectivity index (χ2n) is 4.94. The van der Waals surface area contributed by atoms with Crippen LogP contribution in [0.1, 0.15) is 11.7 Å². The number of nitrogens with one attached hydrogen (secondary N) is 1. The summed E-state index contributed by atoms with van der Waals surface area (Å²) in [6, 6.07) is 5.30. The minimum Gasteiger partial charge on any atom is -0.480 e. The number of carbonyl (C=O) groups excluding carboxylic acids is 1. The number of morpholine rings is 1. The summed E-state index contributed by atoms with van der Waals surface area (Å²) in [6.07, 6.45) is -0.198. The molecule has 0 aromatic heterocycles. The highest BCUT2D eigenvalue weighted by Crippen LogP contribution is 2.28. The first kappa shape index (κ1) is 20.0. The average Bonchev–Trinajstić information content (AvgIpc) is 2.48. The van der Waals surface area contributed by atoms with E-state index in [-0.39, 0.29) is 37.5 Å². The van der Waals surface area contributed by atoms with Crippen molar-refractivity contribution in [2.45, 2.75) is 6.10 Å². The first-order valence-electron chi connectivity index (χ1n) is 6.73. The zero-order valence-electron chi connectivity index (χ0n) is 12.1. The van der Waals surface area contributed by atoms with E-state index in [4.69, 9.17) is 33.0 Å². The number of hydrogen-bond donors (Lipinski definition) is 2. The van der Waals surface area contributed by atoms with Crippen molar-refractivity contribution in [3.05, 3.63) is 33.8 Å². The Bertz CT molecular complexity index is 571. The van der Waals surface area contributed by atoms with Gasteiger partial charge in [-0.3, -0.25) is 14.5 Å². The summed E-state index contributed by atoms with van der Waals surface area (Å²) in [7, 11) is 0. The molecule has 128 valence electrons. The highest BCUT2D eigenvalue weighted by atomic mass is 35.5. The smallest absolute Gasteiger partial charge is 0.322 e. The Labute approximate surface area is 150 Å². The molecule has 1 saturated heterocycles. The molecule has 23 heavy (non-hydrogen) atoms. The normalized spacial score (nSPS) is 18.1. The zero-order chi connectivity index (χ0) is 16.1. The van der Waals surface area contributed by atoms with Crippen molar-refractivity contribution < 1.29 is 19.4 Å². The van der Waals surface area contributed by atoms with Crippen molar-refractivity contribution in [3.63, 3.8) is 0 Å². The highest BCUT2D eigenvalue weighted by Gasteiger charge is 2.24. The molecule has 0 bridgehead atoms. The van der Waals surface area contributed by atoms with E-state index in [9.17, 15) is 9.59 Å². The fraction of sp³-hybridized carbons (Fsp3) is 0.429. The maximum atomic E-state index is 11.7. The van der Waals surface area contributed by atoms with Gasteiger partial charge in [-0.25, -0.2) is 0 Å². The lowest BCUT2D eigenvalue weighted by Crippen LogP contribution is -2.45. The van der Waals surface area contributed by atoms with E-state index in [1.807, 2.05) is 11.0 Å². The molecule has 1 amide bonds. The van der Waals surface area contributed by atoms with Crippen LogP contribution in [0.5, 0.6) is 0 Å². The molecule has 1 fully saturated rings. The first-order chi connectivity index (χ1) is 10.5. The summed E-state index contributed by atoms with van der Waals surface area (Å²) in [5, 5.41) is 11.8. The van der Waals surface area contributed by atoms with E-state index in [1.54, 1.807) is 12.1 Å². The average molecular weight is 384 g/mol. The number of benzene rings is 1. The summed E-state index contributed by atoms with van der Waals surface area (Å²) in [6.45, 7) is 1.38. The van der Waals surface area contributed by atoms with Crippen LogP contribution in [-0.4, -0.2) is 54.7 Å². The van der Waals surface area contributed by atoms with Crippen LogP contribution in [-0.2, 0) is 14.3 Å². The number of ether oxygens (including phenoxy) is 1. The molecule has 1 aromatic carbocycles. The van der Waals surface area contributed by atoms with Gasteiger partial charge in [0.05, 0.1) is 29.3 Å². The molecule has 0 spiro atoms. The number of nitrogens with zero attached hydrogens (tertiary/aromatic N) is 1. The van der Waals surface area contributed by atoms with Gasteiger partial charge >= 0.3 is 5.97 Å². The van der Waals surface area contributed by atoms with Crippen LogP contribution in [0.3, 0.4) is 0 Å². The van der Waals surface area contributed by atoms with Crippen molar-refractivity contribution in [1.82, 2.24) is 10.2 Å². The van der Waals surface area contributed by atoms with E-state index in [2.05, 4.69) is 5.32 Å². The zero-order valence-corrected chi connectivity index (χ0v) is 14.5. The molecule has 2 N–H and O–H groups in total. The van der Waals surface area contributed by atoms with E-state index in [0.29, 0.717) is 29.7 Å². The van der Waals surface area contributed by atoms with E-state index >= 15 is 0 Å². The van der Waals surface area contributed by atoms with Gasteiger partial charge in [0.15, 0.2) is 0 Å². The Morgan fingerprint density at radius 1 is 1.35 bits per heavy atom. The maximum Gasteiger partial charge on any atom is 0.322 e. The van der Waals surface area contributed by atoms with Gasteiger partial charge in [-0.05, 0) is 17.7 Å². The standard InChI is InChI=1S/C14H16Cl2N2O4.ClH/c15-10-2-1-9(5-11(10)16)12-7-18(3-4-22-12)8-13(19)17-6-14(20)21;/h1-2,5,12H,3-4,6-8H2,(H,17,19)(H,20,21);1H. The molecule has 6 nitrogen and oxygen atoms in total. The molecule has 0 radical (unpaired) electrons. The SMILES string of the molecule is Cl.O=C(O)CNC(=O)CN1CCOC(c2ccc(Cl)c(Cl)c2)C1. The third kappa shape index (κ3) is 6.16. The number of rotatable bonds is 5. The molecular weight excluding hydrogens is 367 g/mol. The van der Waals surface area contributed by atoms with Gasteiger partial charge in [0.25, 0.3) is 0 Å². The quantitative estimate of drug-likeness (QED) is 0.813. The van der Waals surface area contributed by atoms with E-state index in [0.717, 1.165) is 5.56 Å². The summed E-state index contributed by atoms with van der Waals surface area (Å²) in [5.74, 6) is -1.39. The van der Waals surface area contributed by atoms with Gasteiger partial charge in [0.2, 0.25) is 5.91 Å². The predicted octanol–water partition coefficient (Wildman–Crippen LogP) is 1.99. The summed E-state index contributed by atoms with van der Waals surface area (Å²) < 4.78 is 5.70. The number of hydrogen-bond acceptors (Lipinski definition) is 4. The summed E-state index contributed by atoms with van der Waals surface area (Å²) in [4.78, 5) is 24.0. The second-order valence-corrected chi connectivity index (χ2v) is 5.75. The molecular formula is C14H17Cl3N2O4. The molecule has 1 atom stereocenters. The fourth-order valence-electron chi connectivity index (χ4n) is 2.19. The van der Waals surface area contributed by atoms with Gasteiger partial charge in [-0.15, -0.1) is 12.4 Å². The van der Waals surface area contributed by atoms with Crippen molar-refractivity contribution in [2.75, 3.05) is 32.8 Å². The lowest BCUT2D eigenvalue weighted by Gasteiger charge is -2.32. The molecule has 0 aliphatic carbocycles. The fourth-order valence-corrected chi connectivity index (χ4v) is 2.50. The third-order valence-electron chi connectivity index (χ3n) is 3.27. The van der Waals surface area contributed by atoms with Crippen molar-refractivity contribution in [2.24, 2.45) is 0 Å². The largest absolute Gasteiger partial charge is 0.480 e. The lowest BCUT2D eigenvalue weighted by molar-refractivity contribution is -0.138. The number of carbonyl (C=O) groups is 2. The van der Waals surface area contributed by atoms with Crippen molar-refractivity contribution in [1.29, 1.82) is 0 Å². The Kier molecular flexibility index (Phi) is 8.08. The third-order valence-corrected chi connectivity index (χ3v) is 4.01. The first-order valence-corrected chi connectivity index (χ1v) is 7.48. The number of halogens is 3. The van der Waals surface area contributed by atoms with E-state index < -0.39 is 5.97 Å². The highest BCUT2D eigenvalue weighted by molar-refractivity contribution is 6.42. The van der Waals surface area contributed by atoms with Gasteiger partial charge in [0, 0.05) is 13.1 Å². The number of carboxylic acids is 1. The van der Waals surface area contributed by atoms with Gasteiger partial charge in [-0.1, -0.05) is 29.3 Å². The number of amides is 1. The van der Waals surface area contributed by atoms with Crippen LogP contribution in [0.15, 0.2) is 18.2 Å². The molecule has 1 heterocycles. The number of aliphatic carboxylic acids is 1. The topological polar surface area (TPSA) is 78.9 Å². The van der Waals surface area contributed by atoms with Crippen molar-refractivity contribution >= 4 is 47.5 Å². The molecule has 1 aliphatic rings. The van der Waals surface area contributed by atoms with Crippen LogP contribution in [0, 0.1) is 0 Å². The minimum absolute atomic E-state index is 0. The molecule has 0 saturated carbocycles. The van der Waals surface area contributed by atoms with Crippen LogP contribution in [0.4, 0.5) is 0 Å². The Hall–Kier alpha value is -1.05. The van der Waals surface area contributed by atoms with Crippen molar-refractivity contribution in [3.8, 4) is 0 Å². The van der Waals surface area contributed by atoms with Gasteiger partial charge < -0.3 is 15.2 Å². The minimum atomic E-state index is -1.07. The predicted molar refractivity (Wildman–Crippen MR) is 89.5 cm³/mol. The Balaban J connectivity index is 0.00000264. The van der Waals surface area contributed by atoms with E-state index in [1.165, 1.54) is 0 Å². The van der Waals surface area contributed by atoms with Crippen LogP contribution in [0.25, 0.3) is 0 Å². The van der Waals surface area contributed by atoms with Gasteiger partial charge in [0.1, 0.15) is 6.54 Å². The maximum absolute atomic E-state index is 11.7. The summed E-state index contributed by atoms with van der Waals surface area (Å²) in [5.41, 5.74) is 0.894. The monoisotopic (exact) mass is 382 g/mol. The molecule has 2 rings (SSSR count). The molecule has 1 unspecified atom stereocenters. The molecule has 1 aromatic rings. The molecule has 1 aliphatic heterocycles. The molecule has 9 heteroatoms. The van der Waals surface area contributed by atoms with Crippen LogP contribution >= 0.6 is 35.6 Å².